The fourth-order valence-corrected chi connectivity index (χ4v) is 2.11. The van der Waals surface area contributed by atoms with E-state index in [1.165, 1.54) is 18.2 Å². The lowest BCUT2D eigenvalue weighted by Crippen LogP contribution is -2.32. The van der Waals surface area contributed by atoms with E-state index in [1.807, 2.05) is 6.92 Å². The maximum atomic E-state index is 13.8. The van der Waals surface area contributed by atoms with Gasteiger partial charge in [0.25, 0.3) is 0 Å². The molecule has 3 nitrogen and oxygen atoms in total. The third kappa shape index (κ3) is 3.43. The van der Waals surface area contributed by atoms with Crippen LogP contribution in [0.4, 0.5) is 4.39 Å². The Hall–Kier alpha value is -1.13. The molecule has 1 aromatic carbocycles. The second-order valence-corrected chi connectivity index (χ2v) is 4.62. The van der Waals surface area contributed by atoms with E-state index in [1.54, 1.807) is 11.9 Å². The van der Waals surface area contributed by atoms with E-state index in [2.05, 4.69) is 0 Å². The number of hydrogen-bond donors (Lipinski definition) is 1. The standard InChI is InChI=1S/C13H17ClFNO2/c1-3-4-8-16(2)12(13(17)18)11-9(14)6-5-7-10(11)15/h5-7,12H,3-4,8H2,1-2H3,(H,17,18). The minimum atomic E-state index is -1.10. The van der Waals surface area contributed by atoms with Crippen molar-refractivity contribution in [2.45, 2.75) is 25.8 Å². The summed E-state index contributed by atoms with van der Waals surface area (Å²) < 4.78 is 13.8. The molecular weight excluding hydrogens is 257 g/mol. The summed E-state index contributed by atoms with van der Waals surface area (Å²) in [6.07, 6.45) is 1.80. The van der Waals surface area contributed by atoms with E-state index in [-0.39, 0.29) is 10.6 Å². The van der Waals surface area contributed by atoms with Crippen LogP contribution in [-0.2, 0) is 4.79 Å². The highest BCUT2D eigenvalue weighted by atomic mass is 35.5. The molecule has 0 aliphatic carbocycles. The summed E-state index contributed by atoms with van der Waals surface area (Å²) in [6.45, 7) is 2.60. The van der Waals surface area contributed by atoms with Crippen LogP contribution in [0.15, 0.2) is 18.2 Å². The summed E-state index contributed by atoms with van der Waals surface area (Å²) in [5.41, 5.74) is 0.0327. The van der Waals surface area contributed by atoms with Gasteiger partial charge in [-0.15, -0.1) is 0 Å². The quantitative estimate of drug-likeness (QED) is 0.864. The highest BCUT2D eigenvalue weighted by Crippen LogP contribution is 2.29. The van der Waals surface area contributed by atoms with Gasteiger partial charge in [-0.05, 0) is 32.1 Å². The number of carboxylic acid groups (broad SMARTS) is 1. The molecule has 0 saturated heterocycles. The summed E-state index contributed by atoms with van der Waals surface area (Å²) in [4.78, 5) is 12.9. The van der Waals surface area contributed by atoms with E-state index in [0.717, 1.165) is 12.8 Å². The van der Waals surface area contributed by atoms with Crippen molar-refractivity contribution in [1.82, 2.24) is 4.90 Å². The molecule has 0 aliphatic rings. The summed E-state index contributed by atoms with van der Waals surface area (Å²) in [5.74, 6) is -1.68. The van der Waals surface area contributed by atoms with Crippen LogP contribution in [-0.4, -0.2) is 29.6 Å². The molecule has 100 valence electrons. The number of carboxylic acids is 1. The molecule has 0 fully saturated rings. The van der Waals surface area contributed by atoms with Crippen molar-refractivity contribution in [2.24, 2.45) is 0 Å². The number of rotatable bonds is 6. The number of aliphatic carboxylic acids is 1. The van der Waals surface area contributed by atoms with Crippen LogP contribution in [0.25, 0.3) is 0 Å². The Labute approximate surface area is 111 Å². The van der Waals surface area contributed by atoms with Crippen LogP contribution >= 0.6 is 11.6 Å². The SMILES string of the molecule is CCCCN(C)C(C(=O)O)c1c(F)cccc1Cl. The largest absolute Gasteiger partial charge is 0.480 e. The summed E-state index contributed by atoms with van der Waals surface area (Å²) in [5, 5.41) is 9.42. The molecule has 1 atom stereocenters. The summed E-state index contributed by atoms with van der Waals surface area (Å²) >= 11 is 5.92. The van der Waals surface area contributed by atoms with Crippen molar-refractivity contribution in [3.05, 3.63) is 34.6 Å². The molecule has 0 bridgehead atoms. The average Bonchev–Trinajstić information content (AvgIpc) is 2.30. The van der Waals surface area contributed by atoms with Gasteiger partial charge in [-0.25, -0.2) is 4.39 Å². The van der Waals surface area contributed by atoms with Gasteiger partial charge in [0.2, 0.25) is 0 Å². The lowest BCUT2D eigenvalue weighted by atomic mass is 10.0. The van der Waals surface area contributed by atoms with E-state index in [4.69, 9.17) is 11.6 Å². The van der Waals surface area contributed by atoms with Gasteiger partial charge in [-0.1, -0.05) is 31.0 Å². The van der Waals surface area contributed by atoms with Crippen LogP contribution < -0.4 is 0 Å². The highest BCUT2D eigenvalue weighted by molar-refractivity contribution is 6.31. The van der Waals surface area contributed by atoms with Crippen LogP contribution in [0.1, 0.15) is 31.4 Å². The third-order valence-corrected chi connectivity index (χ3v) is 3.14. The highest BCUT2D eigenvalue weighted by Gasteiger charge is 2.29. The van der Waals surface area contributed by atoms with E-state index in [9.17, 15) is 14.3 Å². The van der Waals surface area contributed by atoms with Crippen molar-refractivity contribution >= 4 is 17.6 Å². The monoisotopic (exact) mass is 273 g/mol. The maximum Gasteiger partial charge on any atom is 0.325 e. The molecule has 0 saturated carbocycles. The van der Waals surface area contributed by atoms with Gasteiger partial charge >= 0.3 is 5.97 Å². The zero-order chi connectivity index (χ0) is 13.7. The van der Waals surface area contributed by atoms with Crippen LogP contribution in [0.3, 0.4) is 0 Å². The first-order valence-corrected chi connectivity index (χ1v) is 6.23. The molecule has 1 N–H and O–H groups in total. The normalized spacial score (nSPS) is 12.7. The van der Waals surface area contributed by atoms with Gasteiger partial charge in [0.1, 0.15) is 11.9 Å². The molecule has 18 heavy (non-hydrogen) atoms. The molecule has 1 unspecified atom stereocenters. The summed E-state index contributed by atoms with van der Waals surface area (Å²) in [7, 11) is 1.66. The van der Waals surface area contributed by atoms with E-state index in [0.29, 0.717) is 6.54 Å². The minimum absolute atomic E-state index is 0.0327. The lowest BCUT2D eigenvalue weighted by Gasteiger charge is -2.25. The molecule has 0 radical (unpaired) electrons. The van der Waals surface area contributed by atoms with E-state index < -0.39 is 17.8 Å². The van der Waals surface area contributed by atoms with Crippen molar-refractivity contribution in [2.75, 3.05) is 13.6 Å². The molecule has 0 amide bonds. The van der Waals surface area contributed by atoms with Gasteiger partial charge in [0.05, 0.1) is 0 Å². The minimum Gasteiger partial charge on any atom is -0.480 e. The van der Waals surface area contributed by atoms with Crippen molar-refractivity contribution in [3.63, 3.8) is 0 Å². The number of nitrogens with zero attached hydrogens (tertiary/aromatic N) is 1. The van der Waals surface area contributed by atoms with E-state index >= 15 is 0 Å². The zero-order valence-electron chi connectivity index (χ0n) is 10.5. The number of halogens is 2. The van der Waals surface area contributed by atoms with Gasteiger partial charge in [-0.2, -0.15) is 0 Å². The third-order valence-electron chi connectivity index (χ3n) is 2.81. The Morgan fingerprint density at radius 2 is 2.22 bits per heavy atom. The fraction of sp³-hybridized carbons (Fsp3) is 0.462. The van der Waals surface area contributed by atoms with Gasteiger partial charge in [0, 0.05) is 10.6 Å². The predicted octanol–water partition coefficient (Wildman–Crippen LogP) is 3.34. The Bertz CT molecular complexity index is 405. The lowest BCUT2D eigenvalue weighted by molar-refractivity contribution is -0.143. The molecule has 5 heteroatoms. The van der Waals surface area contributed by atoms with Gasteiger partial charge < -0.3 is 5.11 Å². The molecular formula is C13H17ClFNO2. The van der Waals surface area contributed by atoms with Crippen LogP contribution in [0.2, 0.25) is 5.02 Å². The number of unbranched alkanes of at least 4 members (excludes halogenated alkanes) is 1. The second-order valence-electron chi connectivity index (χ2n) is 4.21. The number of likely N-dealkylation sites (N-methyl/N-ethyl adjacent to an activating group) is 1. The first-order chi connectivity index (χ1) is 8.49. The molecule has 0 spiro atoms. The smallest absolute Gasteiger partial charge is 0.325 e. The van der Waals surface area contributed by atoms with Crippen molar-refractivity contribution < 1.29 is 14.3 Å². The fourth-order valence-electron chi connectivity index (χ4n) is 1.84. The molecule has 1 aromatic rings. The van der Waals surface area contributed by atoms with Crippen LogP contribution in [0, 0.1) is 5.82 Å². The Balaban J connectivity index is 3.08. The van der Waals surface area contributed by atoms with Crippen molar-refractivity contribution in [1.29, 1.82) is 0 Å². The zero-order valence-corrected chi connectivity index (χ0v) is 11.2. The average molecular weight is 274 g/mol. The first kappa shape index (κ1) is 14.9. The van der Waals surface area contributed by atoms with Crippen molar-refractivity contribution in [3.8, 4) is 0 Å². The van der Waals surface area contributed by atoms with Crippen LogP contribution in [0.5, 0.6) is 0 Å². The molecule has 1 rings (SSSR count). The topological polar surface area (TPSA) is 40.5 Å². The molecule has 0 heterocycles. The molecule has 0 aliphatic heterocycles. The maximum absolute atomic E-state index is 13.8. The Kier molecular flexibility index (Phi) is 5.56. The Morgan fingerprint density at radius 1 is 1.56 bits per heavy atom. The second kappa shape index (κ2) is 6.71. The number of carbonyl (C=O) groups is 1. The molecule has 0 aromatic heterocycles. The Morgan fingerprint density at radius 3 is 2.72 bits per heavy atom. The number of hydrogen-bond acceptors (Lipinski definition) is 2. The van der Waals surface area contributed by atoms with Gasteiger partial charge in [-0.3, -0.25) is 9.69 Å². The number of benzene rings is 1. The summed E-state index contributed by atoms with van der Waals surface area (Å²) in [6, 6.07) is 3.14. The predicted molar refractivity (Wildman–Crippen MR) is 69.3 cm³/mol. The first-order valence-electron chi connectivity index (χ1n) is 5.86. The van der Waals surface area contributed by atoms with Gasteiger partial charge in [0.15, 0.2) is 0 Å².